The first-order valence-electron chi connectivity index (χ1n) is 10.8. The van der Waals surface area contributed by atoms with Gasteiger partial charge < -0.3 is 10.2 Å². The molecule has 1 unspecified atom stereocenters. The lowest BCUT2D eigenvalue weighted by Crippen LogP contribution is -2.73. The Morgan fingerprint density at radius 3 is 2.55 bits per heavy atom. The first kappa shape index (κ1) is 21.3. The molecule has 2 aromatic heterocycles. The molecule has 0 radical (unpaired) electrons. The van der Waals surface area contributed by atoms with Crippen LogP contribution in [0.15, 0.2) is 12.4 Å². The third-order valence-corrected chi connectivity index (χ3v) is 7.98. The van der Waals surface area contributed by atoms with E-state index < -0.39 is 18.3 Å². The standard InChI is InChI=1S/C21H27F4N5S/c1-13(2)16(20(22)7-26-8-20)30-10-19(11-30)3-4-29(9-19)17-15-5-14(6-21(23,24)25)31-18(15)28-12-27-17/h5,12-13,16,26H,3-4,6-11H2,1-2H3. The van der Waals surface area contributed by atoms with E-state index in [1.165, 1.54) is 6.33 Å². The van der Waals surface area contributed by atoms with E-state index in [9.17, 15) is 13.2 Å². The average Bonchev–Trinajstić information content (AvgIpc) is 3.21. The summed E-state index contributed by atoms with van der Waals surface area (Å²) in [5.74, 6) is 0.955. The van der Waals surface area contributed by atoms with Crippen molar-refractivity contribution >= 4 is 27.4 Å². The fraction of sp³-hybridized carbons (Fsp3) is 0.714. The van der Waals surface area contributed by atoms with Gasteiger partial charge in [0.1, 0.15) is 17.0 Å². The molecule has 5 nitrogen and oxygen atoms in total. The first-order chi connectivity index (χ1) is 14.6. The second kappa shape index (κ2) is 7.25. The summed E-state index contributed by atoms with van der Waals surface area (Å²) in [6.07, 6.45) is -2.76. The highest BCUT2D eigenvalue weighted by Gasteiger charge is 2.56. The van der Waals surface area contributed by atoms with E-state index in [4.69, 9.17) is 0 Å². The molecule has 0 saturated carbocycles. The number of nitrogens with one attached hydrogen (secondary N) is 1. The van der Waals surface area contributed by atoms with E-state index in [0.717, 1.165) is 49.8 Å². The fourth-order valence-corrected chi connectivity index (χ4v) is 6.76. The number of halogens is 4. The van der Waals surface area contributed by atoms with Crippen molar-refractivity contribution in [3.63, 3.8) is 0 Å². The number of alkyl halides is 4. The molecule has 0 bridgehead atoms. The molecule has 3 saturated heterocycles. The van der Waals surface area contributed by atoms with Crippen molar-refractivity contribution < 1.29 is 17.6 Å². The summed E-state index contributed by atoms with van der Waals surface area (Å²) < 4.78 is 53.7. The normalized spacial score (nSPS) is 24.0. The van der Waals surface area contributed by atoms with Gasteiger partial charge in [-0.1, -0.05) is 13.8 Å². The number of thiophene rings is 1. The van der Waals surface area contributed by atoms with Gasteiger partial charge in [0.2, 0.25) is 0 Å². The number of rotatable bonds is 5. The lowest BCUT2D eigenvalue weighted by atomic mass is 9.73. The van der Waals surface area contributed by atoms with Crippen molar-refractivity contribution in [2.24, 2.45) is 11.3 Å². The second-order valence-corrected chi connectivity index (χ2v) is 10.9. The van der Waals surface area contributed by atoms with E-state index in [-0.39, 0.29) is 22.3 Å². The number of nitrogens with zero attached hydrogens (tertiary/aromatic N) is 4. The summed E-state index contributed by atoms with van der Waals surface area (Å²) in [4.78, 5) is 13.9. The summed E-state index contributed by atoms with van der Waals surface area (Å²) in [6, 6.07) is 1.51. The van der Waals surface area contributed by atoms with Gasteiger partial charge in [0.15, 0.2) is 5.67 Å². The van der Waals surface area contributed by atoms with E-state index >= 15 is 4.39 Å². The quantitative estimate of drug-likeness (QED) is 0.695. The van der Waals surface area contributed by atoms with Crippen LogP contribution in [0.3, 0.4) is 0 Å². The highest BCUT2D eigenvalue weighted by Crippen LogP contribution is 2.46. The Kier molecular flexibility index (Phi) is 4.99. The van der Waals surface area contributed by atoms with Gasteiger partial charge in [-0.3, -0.25) is 4.90 Å². The molecule has 3 aliphatic heterocycles. The third-order valence-electron chi connectivity index (χ3n) is 6.94. The van der Waals surface area contributed by atoms with Gasteiger partial charge in [0, 0.05) is 55.6 Å². The minimum atomic E-state index is -4.24. The summed E-state index contributed by atoms with van der Waals surface area (Å²) in [5, 5.41) is 3.77. The van der Waals surface area contributed by atoms with Crippen molar-refractivity contribution in [2.75, 3.05) is 44.2 Å². The van der Waals surface area contributed by atoms with E-state index in [1.54, 1.807) is 6.07 Å². The van der Waals surface area contributed by atoms with Crippen LogP contribution in [0, 0.1) is 11.3 Å². The van der Waals surface area contributed by atoms with E-state index in [0.29, 0.717) is 23.3 Å². The Hall–Kier alpha value is -1.52. The maximum Gasteiger partial charge on any atom is 0.393 e. The monoisotopic (exact) mass is 457 g/mol. The van der Waals surface area contributed by atoms with Gasteiger partial charge in [0.05, 0.1) is 11.8 Å². The average molecular weight is 458 g/mol. The van der Waals surface area contributed by atoms with E-state index in [2.05, 4.69) is 38.9 Å². The molecule has 170 valence electrons. The molecule has 5 heterocycles. The SMILES string of the molecule is CC(C)C(N1CC2(CCN(c3ncnc4sc(CC(F)(F)F)cc34)C2)C1)C1(F)CNC1. The Morgan fingerprint density at radius 2 is 1.94 bits per heavy atom. The van der Waals surface area contributed by atoms with Crippen molar-refractivity contribution in [2.45, 2.75) is 44.6 Å². The van der Waals surface area contributed by atoms with Gasteiger partial charge in [-0.05, 0) is 18.4 Å². The Bertz CT molecular complexity index is 964. The van der Waals surface area contributed by atoms with Crippen LogP contribution in [0.1, 0.15) is 25.1 Å². The lowest BCUT2D eigenvalue weighted by Gasteiger charge is -2.57. The zero-order valence-corrected chi connectivity index (χ0v) is 18.5. The topological polar surface area (TPSA) is 44.3 Å². The maximum atomic E-state index is 15.2. The summed E-state index contributed by atoms with van der Waals surface area (Å²) in [7, 11) is 0. The van der Waals surface area contributed by atoms with Crippen LogP contribution in [0.4, 0.5) is 23.4 Å². The smallest absolute Gasteiger partial charge is 0.355 e. The Morgan fingerprint density at radius 1 is 1.19 bits per heavy atom. The Balaban J connectivity index is 1.31. The number of likely N-dealkylation sites (tertiary alicyclic amines) is 1. The summed E-state index contributed by atoms with van der Waals surface area (Å²) >= 11 is 1.08. The van der Waals surface area contributed by atoms with Crippen LogP contribution >= 0.6 is 11.3 Å². The molecule has 0 aliphatic carbocycles. The van der Waals surface area contributed by atoms with Gasteiger partial charge >= 0.3 is 6.18 Å². The number of hydrogen-bond acceptors (Lipinski definition) is 6. The fourth-order valence-electron chi connectivity index (χ4n) is 5.73. The zero-order chi connectivity index (χ0) is 22.0. The number of hydrogen-bond donors (Lipinski definition) is 1. The Labute approximate surface area is 182 Å². The lowest BCUT2D eigenvalue weighted by molar-refractivity contribution is -0.126. The summed E-state index contributed by atoms with van der Waals surface area (Å²) in [5.41, 5.74) is -1.05. The number of aromatic nitrogens is 2. The van der Waals surface area contributed by atoms with Gasteiger partial charge in [-0.15, -0.1) is 11.3 Å². The van der Waals surface area contributed by atoms with Gasteiger partial charge in [-0.25, -0.2) is 14.4 Å². The van der Waals surface area contributed by atoms with Gasteiger partial charge in [-0.2, -0.15) is 13.2 Å². The van der Waals surface area contributed by atoms with Crippen LogP contribution in [-0.4, -0.2) is 72.0 Å². The third kappa shape index (κ3) is 3.80. The predicted octanol–water partition coefficient (Wildman–Crippen LogP) is 3.64. The van der Waals surface area contributed by atoms with Crippen molar-refractivity contribution in [1.82, 2.24) is 20.2 Å². The molecule has 5 rings (SSSR count). The number of fused-ring (bicyclic) bond motifs is 1. The molecule has 31 heavy (non-hydrogen) atoms. The van der Waals surface area contributed by atoms with Crippen LogP contribution in [0.25, 0.3) is 10.2 Å². The van der Waals surface area contributed by atoms with Crippen LogP contribution < -0.4 is 10.2 Å². The van der Waals surface area contributed by atoms with Crippen LogP contribution in [-0.2, 0) is 6.42 Å². The molecule has 1 spiro atoms. The molecular weight excluding hydrogens is 430 g/mol. The van der Waals surface area contributed by atoms with Gasteiger partial charge in [0.25, 0.3) is 0 Å². The van der Waals surface area contributed by atoms with Crippen molar-refractivity contribution in [1.29, 1.82) is 0 Å². The largest absolute Gasteiger partial charge is 0.393 e. The van der Waals surface area contributed by atoms with E-state index in [1.807, 2.05) is 0 Å². The second-order valence-electron chi connectivity index (χ2n) is 9.82. The zero-order valence-electron chi connectivity index (χ0n) is 17.7. The molecule has 3 aliphatic rings. The minimum Gasteiger partial charge on any atom is -0.355 e. The summed E-state index contributed by atoms with van der Waals surface area (Å²) in [6.45, 7) is 8.32. The molecule has 2 aromatic rings. The molecule has 3 fully saturated rings. The molecule has 1 atom stereocenters. The highest BCUT2D eigenvalue weighted by molar-refractivity contribution is 7.18. The molecular formula is C21H27F4N5S. The first-order valence-corrected chi connectivity index (χ1v) is 11.6. The molecule has 0 aromatic carbocycles. The minimum absolute atomic E-state index is 0.0824. The highest BCUT2D eigenvalue weighted by atomic mass is 32.1. The molecule has 10 heteroatoms. The molecule has 0 amide bonds. The predicted molar refractivity (Wildman–Crippen MR) is 113 cm³/mol. The van der Waals surface area contributed by atoms with Crippen molar-refractivity contribution in [3.8, 4) is 0 Å². The van der Waals surface area contributed by atoms with Crippen LogP contribution in [0.5, 0.6) is 0 Å². The molecule has 1 N–H and O–H groups in total. The van der Waals surface area contributed by atoms with Crippen LogP contribution in [0.2, 0.25) is 0 Å². The number of anilines is 1. The maximum absolute atomic E-state index is 15.2. The van der Waals surface area contributed by atoms with Crippen molar-refractivity contribution in [3.05, 3.63) is 17.3 Å².